The summed E-state index contributed by atoms with van der Waals surface area (Å²) in [5, 5.41) is 22.1. The molecule has 0 bridgehead atoms. The number of aliphatic hydroxyl groups excluding tert-OH is 1. The van der Waals surface area contributed by atoms with Crippen LogP contribution in [0, 0.1) is 15.9 Å². The van der Waals surface area contributed by atoms with Crippen LogP contribution < -0.4 is 5.32 Å². The molecule has 6 nitrogen and oxygen atoms in total. The first-order valence-corrected chi connectivity index (χ1v) is 4.88. The molecule has 0 aliphatic heterocycles. The van der Waals surface area contributed by atoms with E-state index < -0.39 is 16.8 Å². The zero-order valence-electron chi connectivity index (χ0n) is 9.22. The van der Waals surface area contributed by atoms with Gasteiger partial charge in [-0.25, -0.2) is 4.39 Å². The predicted octanol–water partition coefficient (Wildman–Crippen LogP) is 1.15. The molecule has 0 fully saturated rings. The van der Waals surface area contributed by atoms with E-state index in [2.05, 4.69) is 5.32 Å². The van der Waals surface area contributed by atoms with Gasteiger partial charge in [0.05, 0.1) is 35.9 Å². The van der Waals surface area contributed by atoms with Crippen molar-refractivity contribution in [3.63, 3.8) is 0 Å². The molecule has 0 heterocycles. The summed E-state index contributed by atoms with van der Waals surface area (Å²) < 4.78 is 18.3. The summed E-state index contributed by atoms with van der Waals surface area (Å²) in [5.74, 6) is -0.742. The van der Waals surface area contributed by atoms with Gasteiger partial charge >= 0.3 is 0 Å². The van der Waals surface area contributed by atoms with Crippen LogP contribution in [0.2, 0.25) is 0 Å². The van der Waals surface area contributed by atoms with Crippen LogP contribution in [0.15, 0.2) is 18.2 Å². The molecule has 94 valence electrons. The van der Waals surface area contributed by atoms with Gasteiger partial charge < -0.3 is 15.2 Å². The third kappa shape index (κ3) is 3.65. The van der Waals surface area contributed by atoms with E-state index in [1.165, 1.54) is 19.2 Å². The standard InChI is InChI=1S/C10H13FN2O4/c1-17-6-7(5-14)12-10-3-2-8(13(15)16)4-9(10)11/h2-4,7,12,14H,5-6H2,1H3. The number of hydrogen-bond acceptors (Lipinski definition) is 5. The van der Waals surface area contributed by atoms with Gasteiger partial charge in [-0.3, -0.25) is 10.1 Å². The first-order chi connectivity index (χ1) is 8.08. The van der Waals surface area contributed by atoms with Gasteiger partial charge in [0.15, 0.2) is 5.82 Å². The molecule has 17 heavy (non-hydrogen) atoms. The first kappa shape index (κ1) is 13.3. The third-order valence-electron chi connectivity index (χ3n) is 2.11. The molecule has 1 atom stereocenters. The van der Waals surface area contributed by atoms with Gasteiger partial charge in [-0.05, 0) is 6.07 Å². The van der Waals surface area contributed by atoms with Crippen LogP contribution in [0.3, 0.4) is 0 Å². The molecular formula is C10H13FN2O4. The monoisotopic (exact) mass is 244 g/mol. The van der Waals surface area contributed by atoms with E-state index in [4.69, 9.17) is 9.84 Å². The van der Waals surface area contributed by atoms with Gasteiger partial charge in [-0.1, -0.05) is 0 Å². The Labute approximate surface area is 97.2 Å². The number of aliphatic hydroxyl groups is 1. The Morgan fingerprint density at radius 1 is 1.65 bits per heavy atom. The molecule has 1 aromatic rings. The number of rotatable bonds is 6. The molecule has 0 radical (unpaired) electrons. The number of non-ortho nitro benzene ring substituents is 1. The van der Waals surface area contributed by atoms with Crippen molar-refractivity contribution in [1.82, 2.24) is 0 Å². The minimum atomic E-state index is -0.742. The lowest BCUT2D eigenvalue weighted by atomic mass is 10.2. The minimum Gasteiger partial charge on any atom is -0.394 e. The van der Waals surface area contributed by atoms with Crippen LogP contribution in [0.4, 0.5) is 15.8 Å². The van der Waals surface area contributed by atoms with Crippen molar-refractivity contribution in [3.8, 4) is 0 Å². The van der Waals surface area contributed by atoms with E-state index in [1.54, 1.807) is 0 Å². The molecule has 0 saturated carbocycles. The summed E-state index contributed by atoms with van der Waals surface area (Å²) >= 11 is 0. The fourth-order valence-electron chi connectivity index (χ4n) is 1.30. The summed E-state index contributed by atoms with van der Waals surface area (Å²) in [5.41, 5.74) is -0.230. The number of hydrogen-bond donors (Lipinski definition) is 2. The summed E-state index contributed by atoms with van der Waals surface area (Å²) in [6.45, 7) is -0.0306. The maximum atomic E-state index is 13.5. The topological polar surface area (TPSA) is 84.6 Å². The Kier molecular flexibility index (Phi) is 4.80. The average Bonchev–Trinajstić information content (AvgIpc) is 2.30. The molecule has 0 saturated heterocycles. The van der Waals surface area contributed by atoms with E-state index in [-0.39, 0.29) is 24.6 Å². The van der Waals surface area contributed by atoms with Gasteiger partial charge in [-0.15, -0.1) is 0 Å². The fraction of sp³-hybridized carbons (Fsp3) is 0.400. The highest BCUT2D eigenvalue weighted by Gasteiger charge is 2.13. The van der Waals surface area contributed by atoms with Crippen LogP contribution in [-0.4, -0.2) is 36.4 Å². The van der Waals surface area contributed by atoms with Crippen LogP contribution in [-0.2, 0) is 4.74 Å². The molecule has 1 unspecified atom stereocenters. The van der Waals surface area contributed by atoms with Crippen molar-refractivity contribution < 1.29 is 19.2 Å². The number of nitrogens with zero attached hydrogens (tertiary/aromatic N) is 1. The number of nitro groups is 1. The molecule has 1 rings (SSSR count). The zero-order chi connectivity index (χ0) is 12.8. The summed E-state index contributed by atoms with van der Waals surface area (Å²) in [7, 11) is 1.45. The second-order valence-electron chi connectivity index (χ2n) is 3.40. The molecule has 2 N–H and O–H groups in total. The zero-order valence-corrected chi connectivity index (χ0v) is 9.22. The van der Waals surface area contributed by atoms with Crippen molar-refractivity contribution in [3.05, 3.63) is 34.1 Å². The van der Waals surface area contributed by atoms with Crippen molar-refractivity contribution in [2.45, 2.75) is 6.04 Å². The largest absolute Gasteiger partial charge is 0.394 e. The van der Waals surface area contributed by atoms with Crippen molar-refractivity contribution in [1.29, 1.82) is 0 Å². The molecule has 0 amide bonds. The average molecular weight is 244 g/mol. The smallest absolute Gasteiger partial charge is 0.272 e. The summed E-state index contributed by atoms with van der Waals surface area (Å²) in [6, 6.07) is 2.80. The van der Waals surface area contributed by atoms with Crippen molar-refractivity contribution >= 4 is 11.4 Å². The fourth-order valence-corrected chi connectivity index (χ4v) is 1.30. The van der Waals surface area contributed by atoms with Crippen LogP contribution >= 0.6 is 0 Å². The number of nitro benzene ring substituents is 1. The highest BCUT2D eigenvalue weighted by molar-refractivity contribution is 5.50. The SMILES string of the molecule is COCC(CO)Nc1ccc([N+](=O)[O-])cc1F. The lowest BCUT2D eigenvalue weighted by molar-refractivity contribution is -0.385. The van der Waals surface area contributed by atoms with E-state index in [0.717, 1.165) is 6.07 Å². The number of nitrogens with one attached hydrogen (secondary N) is 1. The highest BCUT2D eigenvalue weighted by Crippen LogP contribution is 2.21. The van der Waals surface area contributed by atoms with E-state index in [9.17, 15) is 14.5 Å². The van der Waals surface area contributed by atoms with Crippen molar-refractivity contribution in [2.75, 3.05) is 25.6 Å². The number of ether oxygens (including phenoxy) is 1. The second-order valence-corrected chi connectivity index (χ2v) is 3.40. The predicted molar refractivity (Wildman–Crippen MR) is 59.4 cm³/mol. The number of methoxy groups -OCH3 is 1. The van der Waals surface area contributed by atoms with Gasteiger partial charge in [0.2, 0.25) is 0 Å². The van der Waals surface area contributed by atoms with E-state index >= 15 is 0 Å². The van der Waals surface area contributed by atoms with Crippen molar-refractivity contribution in [2.24, 2.45) is 0 Å². The van der Waals surface area contributed by atoms with E-state index in [1.807, 2.05) is 0 Å². The van der Waals surface area contributed by atoms with Gasteiger partial charge in [-0.2, -0.15) is 0 Å². The maximum Gasteiger partial charge on any atom is 0.272 e. The quantitative estimate of drug-likeness (QED) is 0.579. The Morgan fingerprint density at radius 2 is 2.35 bits per heavy atom. The summed E-state index contributed by atoms with van der Waals surface area (Å²) in [6.07, 6.45) is 0. The Balaban J connectivity index is 2.81. The maximum absolute atomic E-state index is 13.5. The lowest BCUT2D eigenvalue weighted by Gasteiger charge is -2.16. The normalized spacial score (nSPS) is 12.2. The number of benzene rings is 1. The molecule has 0 aliphatic carbocycles. The first-order valence-electron chi connectivity index (χ1n) is 4.88. The van der Waals surface area contributed by atoms with Crippen LogP contribution in [0.5, 0.6) is 0 Å². The molecule has 0 spiro atoms. The van der Waals surface area contributed by atoms with Gasteiger partial charge in [0, 0.05) is 13.2 Å². The summed E-state index contributed by atoms with van der Waals surface area (Å²) in [4.78, 5) is 9.73. The molecule has 1 aromatic carbocycles. The second kappa shape index (κ2) is 6.12. The third-order valence-corrected chi connectivity index (χ3v) is 2.11. The highest BCUT2D eigenvalue weighted by atomic mass is 19.1. The van der Waals surface area contributed by atoms with Gasteiger partial charge in [0.1, 0.15) is 0 Å². The van der Waals surface area contributed by atoms with Crippen LogP contribution in [0.25, 0.3) is 0 Å². The van der Waals surface area contributed by atoms with E-state index in [0.29, 0.717) is 0 Å². The Hall–Kier alpha value is -1.73. The molecular weight excluding hydrogens is 231 g/mol. The number of anilines is 1. The minimum absolute atomic E-state index is 0.0895. The Morgan fingerprint density at radius 3 is 2.82 bits per heavy atom. The molecule has 0 aliphatic rings. The molecule has 0 aromatic heterocycles. The van der Waals surface area contributed by atoms with Crippen LogP contribution in [0.1, 0.15) is 0 Å². The van der Waals surface area contributed by atoms with Gasteiger partial charge in [0.25, 0.3) is 5.69 Å². The molecule has 7 heteroatoms. The Bertz CT molecular complexity index is 400. The number of halogens is 1. The lowest BCUT2D eigenvalue weighted by Crippen LogP contribution is -2.29.